The maximum Gasteiger partial charge on any atom is 0.138 e. The number of hydrogen-bond donors (Lipinski definition) is 3. The highest BCUT2D eigenvalue weighted by molar-refractivity contribution is 6.32. The Kier molecular flexibility index (Phi) is 7.96. The van der Waals surface area contributed by atoms with Crippen LogP contribution in [0.15, 0.2) is 40.0 Å². The van der Waals surface area contributed by atoms with Crippen molar-refractivity contribution in [2.45, 2.75) is 63.2 Å². The van der Waals surface area contributed by atoms with E-state index in [0.29, 0.717) is 52.6 Å². The van der Waals surface area contributed by atoms with Gasteiger partial charge in [0.2, 0.25) is 0 Å². The van der Waals surface area contributed by atoms with Crippen molar-refractivity contribution in [3.63, 3.8) is 0 Å². The molecular weight excluding hydrogens is 405 g/mol. The van der Waals surface area contributed by atoms with E-state index >= 15 is 0 Å². The van der Waals surface area contributed by atoms with E-state index in [4.69, 9.17) is 22.1 Å². The second-order valence-electron chi connectivity index (χ2n) is 7.74. The smallest absolute Gasteiger partial charge is 0.138 e. The van der Waals surface area contributed by atoms with Crippen molar-refractivity contribution >= 4 is 29.0 Å². The van der Waals surface area contributed by atoms with Crippen LogP contribution in [0.4, 0.5) is 10.1 Å². The average molecular weight is 436 g/mol. The second kappa shape index (κ2) is 10.7. The SMILES string of the molecule is CN=C(NC1CCCCC1)C(=CN)C(=NC1CC[C@H]1F)Nc1ccc(OC)c(Cl)c1. The first-order valence-electron chi connectivity index (χ1n) is 10.5. The fourth-order valence-electron chi connectivity index (χ4n) is 3.78. The summed E-state index contributed by atoms with van der Waals surface area (Å²) in [4.78, 5) is 9.08. The van der Waals surface area contributed by atoms with Crippen LogP contribution in [0, 0.1) is 0 Å². The summed E-state index contributed by atoms with van der Waals surface area (Å²) in [5.41, 5.74) is 7.34. The van der Waals surface area contributed by atoms with Gasteiger partial charge in [0, 0.05) is 25.0 Å². The van der Waals surface area contributed by atoms with Gasteiger partial charge >= 0.3 is 0 Å². The molecule has 0 amide bonds. The monoisotopic (exact) mass is 435 g/mol. The number of hydrogen-bond acceptors (Lipinski definition) is 4. The third kappa shape index (κ3) is 5.45. The van der Waals surface area contributed by atoms with Crippen LogP contribution >= 0.6 is 11.6 Å². The van der Waals surface area contributed by atoms with Gasteiger partial charge in [-0.2, -0.15) is 0 Å². The third-order valence-corrected chi connectivity index (χ3v) is 6.01. The van der Waals surface area contributed by atoms with Crippen LogP contribution in [0.1, 0.15) is 44.9 Å². The van der Waals surface area contributed by atoms with Crippen LogP contribution in [0.5, 0.6) is 5.75 Å². The number of methoxy groups -OCH3 is 1. The molecule has 2 aliphatic rings. The molecule has 0 aliphatic heterocycles. The number of nitrogens with one attached hydrogen (secondary N) is 2. The third-order valence-electron chi connectivity index (χ3n) is 5.71. The maximum absolute atomic E-state index is 14.0. The van der Waals surface area contributed by atoms with Crippen molar-refractivity contribution in [2.75, 3.05) is 19.5 Å². The Bertz CT molecular complexity index is 820. The van der Waals surface area contributed by atoms with Gasteiger partial charge in [0.15, 0.2) is 0 Å². The first-order chi connectivity index (χ1) is 14.5. The largest absolute Gasteiger partial charge is 0.495 e. The van der Waals surface area contributed by atoms with Gasteiger partial charge in [-0.15, -0.1) is 0 Å². The van der Waals surface area contributed by atoms with Crippen LogP contribution in [0.25, 0.3) is 0 Å². The molecule has 0 radical (unpaired) electrons. The molecule has 2 fully saturated rings. The highest BCUT2D eigenvalue weighted by atomic mass is 35.5. The molecule has 2 atom stereocenters. The maximum atomic E-state index is 14.0. The number of ether oxygens (including phenoxy) is 1. The van der Waals surface area contributed by atoms with Gasteiger partial charge in [-0.3, -0.25) is 9.98 Å². The Balaban J connectivity index is 1.86. The zero-order valence-electron chi connectivity index (χ0n) is 17.6. The molecule has 0 heterocycles. The molecule has 1 aromatic carbocycles. The number of amidine groups is 2. The molecule has 4 N–H and O–H groups in total. The summed E-state index contributed by atoms with van der Waals surface area (Å²) in [6.07, 6.45) is 7.64. The summed E-state index contributed by atoms with van der Waals surface area (Å²) in [6.45, 7) is 0. The number of aliphatic imine (C=N–C) groups is 2. The van der Waals surface area contributed by atoms with Crippen molar-refractivity contribution in [2.24, 2.45) is 15.7 Å². The van der Waals surface area contributed by atoms with Crippen molar-refractivity contribution in [1.29, 1.82) is 0 Å². The molecule has 2 saturated carbocycles. The molecule has 164 valence electrons. The van der Waals surface area contributed by atoms with Crippen molar-refractivity contribution < 1.29 is 9.13 Å². The van der Waals surface area contributed by atoms with E-state index in [0.717, 1.165) is 12.8 Å². The van der Waals surface area contributed by atoms with Crippen LogP contribution in [0.2, 0.25) is 5.02 Å². The molecule has 0 bridgehead atoms. The molecule has 8 heteroatoms. The topological polar surface area (TPSA) is 84.0 Å². The van der Waals surface area contributed by atoms with Gasteiger partial charge in [0.25, 0.3) is 0 Å². The van der Waals surface area contributed by atoms with Gasteiger partial charge in [-0.05, 0) is 43.9 Å². The van der Waals surface area contributed by atoms with Crippen LogP contribution in [-0.2, 0) is 0 Å². The van der Waals surface area contributed by atoms with E-state index in [1.807, 2.05) is 6.07 Å². The standard InChI is InChI=1S/C22H31ClFN5O/c1-26-21(27-14-6-4-3-5-7-14)16(13-25)22(29-19-10-9-18(19)24)28-15-8-11-20(30-2)17(23)12-15/h8,11-14,18-19H,3-7,9-10,25H2,1-2H3,(H,26,27)(H,28,29)/t18-,19?/m1/s1. The minimum absolute atomic E-state index is 0.349. The molecule has 0 saturated heterocycles. The Morgan fingerprint density at radius 2 is 1.97 bits per heavy atom. The molecular formula is C22H31ClFN5O. The van der Waals surface area contributed by atoms with E-state index in [1.54, 1.807) is 26.3 Å². The lowest BCUT2D eigenvalue weighted by molar-refractivity contribution is 0.174. The number of halogens is 2. The normalized spacial score (nSPS) is 23.7. The Hall–Kier alpha value is -2.28. The molecule has 2 aliphatic carbocycles. The summed E-state index contributed by atoms with van der Waals surface area (Å²) >= 11 is 6.27. The minimum atomic E-state index is -0.936. The first-order valence-corrected chi connectivity index (χ1v) is 10.9. The van der Waals surface area contributed by atoms with E-state index in [-0.39, 0.29) is 6.04 Å². The lowest BCUT2D eigenvalue weighted by Gasteiger charge is -2.29. The average Bonchev–Trinajstić information content (AvgIpc) is 2.76. The van der Waals surface area contributed by atoms with Gasteiger partial charge in [0.05, 0.1) is 23.7 Å². The van der Waals surface area contributed by atoms with Gasteiger partial charge in [-0.1, -0.05) is 30.9 Å². The fourth-order valence-corrected chi connectivity index (χ4v) is 4.03. The fraction of sp³-hybridized carbons (Fsp3) is 0.545. The summed E-state index contributed by atoms with van der Waals surface area (Å²) in [7, 11) is 3.28. The van der Waals surface area contributed by atoms with E-state index in [2.05, 4.69) is 20.6 Å². The Morgan fingerprint density at radius 3 is 2.50 bits per heavy atom. The number of rotatable bonds is 6. The summed E-state index contributed by atoms with van der Waals surface area (Å²) in [5.74, 6) is 1.72. The zero-order chi connectivity index (χ0) is 21.5. The van der Waals surface area contributed by atoms with Crippen molar-refractivity contribution in [3.8, 4) is 5.75 Å². The molecule has 3 rings (SSSR count). The minimum Gasteiger partial charge on any atom is -0.495 e. The summed E-state index contributed by atoms with van der Waals surface area (Å²) in [5, 5.41) is 7.25. The molecule has 0 aromatic heterocycles. The van der Waals surface area contributed by atoms with E-state index in [9.17, 15) is 4.39 Å². The summed E-state index contributed by atoms with van der Waals surface area (Å²) in [6, 6.07) is 5.31. The number of nitrogens with zero attached hydrogens (tertiary/aromatic N) is 2. The van der Waals surface area contributed by atoms with Crippen molar-refractivity contribution in [3.05, 3.63) is 35.0 Å². The molecule has 1 aromatic rings. The predicted molar refractivity (Wildman–Crippen MR) is 123 cm³/mol. The predicted octanol–water partition coefficient (Wildman–Crippen LogP) is 4.45. The highest BCUT2D eigenvalue weighted by Gasteiger charge is 2.31. The van der Waals surface area contributed by atoms with Crippen molar-refractivity contribution in [1.82, 2.24) is 5.32 Å². The summed E-state index contributed by atoms with van der Waals surface area (Å²) < 4.78 is 19.2. The Labute approximate surface area is 182 Å². The zero-order valence-corrected chi connectivity index (χ0v) is 18.4. The molecule has 1 unspecified atom stereocenters. The van der Waals surface area contributed by atoms with E-state index < -0.39 is 6.17 Å². The van der Waals surface area contributed by atoms with Gasteiger partial charge in [-0.25, -0.2) is 4.39 Å². The molecule has 0 spiro atoms. The Morgan fingerprint density at radius 1 is 1.20 bits per heavy atom. The first kappa shape index (κ1) is 22.4. The van der Waals surface area contributed by atoms with Crippen LogP contribution < -0.4 is 21.1 Å². The van der Waals surface area contributed by atoms with Crippen LogP contribution in [-0.4, -0.2) is 44.1 Å². The van der Waals surface area contributed by atoms with E-state index in [1.165, 1.54) is 25.5 Å². The number of nitrogens with two attached hydrogens (primary N) is 1. The second-order valence-corrected chi connectivity index (χ2v) is 8.15. The number of alkyl halides is 1. The number of anilines is 1. The van der Waals surface area contributed by atoms with Crippen LogP contribution in [0.3, 0.4) is 0 Å². The molecule has 30 heavy (non-hydrogen) atoms. The lowest BCUT2D eigenvalue weighted by atomic mass is 9.91. The number of benzene rings is 1. The van der Waals surface area contributed by atoms with Gasteiger partial charge in [0.1, 0.15) is 23.6 Å². The lowest BCUT2D eigenvalue weighted by Crippen LogP contribution is -2.41. The molecule has 6 nitrogen and oxygen atoms in total. The van der Waals surface area contributed by atoms with Gasteiger partial charge < -0.3 is 21.1 Å². The quantitative estimate of drug-likeness (QED) is 0.455. The highest BCUT2D eigenvalue weighted by Crippen LogP contribution is 2.30.